The third-order valence-electron chi connectivity index (χ3n) is 4.65. The Morgan fingerprint density at radius 3 is 2.63 bits per heavy atom. The standard InChI is InChI=1S/C21H25N3O3/c22-20(25)15-27-19-9-4-3-8-18(19)21(26)23-11-5-12-24-13-10-16-6-1-2-7-17(16)14-24/h1-4,6-9H,5,10-15H2,(H2,22,25)(H,23,26). The number of primary amides is 1. The zero-order chi connectivity index (χ0) is 19.1. The maximum Gasteiger partial charge on any atom is 0.255 e. The summed E-state index contributed by atoms with van der Waals surface area (Å²) in [5, 5.41) is 2.92. The number of benzene rings is 2. The maximum atomic E-state index is 12.4. The number of ether oxygens (including phenoxy) is 1. The van der Waals surface area contributed by atoms with E-state index in [0.29, 0.717) is 17.9 Å². The van der Waals surface area contributed by atoms with Crippen LogP contribution in [0.3, 0.4) is 0 Å². The molecule has 0 aliphatic carbocycles. The third-order valence-corrected chi connectivity index (χ3v) is 4.65. The molecule has 0 unspecified atom stereocenters. The van der Waals surface area contributed by atoms with Crippen LogP contribution in [0.5, 0.6) is 5.75 Å². The van der Waals surface area contributed by atoms with Gasteiger partial charge in [-0.3, -0.25) is 14.5 Å². The van der Waals surface area contributed by atoms with Gasteiger partial charge in [-0.2, -0.15) is 0 Å². The Labute approximate surface area is 159 Å². The predicted molar refractivity (Wildman–Crippen MR) is 104 cm³/mol. The van der Waals surface area contributed by atoms with E-state index < -0.39 is 5.91 Å². The third kappa shape index (κ3) is 5.31. The Morgan fingerprint density at radius 1 is 1.07 bits per heavy atom. The average molecular weight is 367 g/mol. The monoisotopic (exact) mass is 367 g/mol. The van der Waals surface area contributed by atoms with E-state index in [4.69, 9.17) is 10.5 Å². The van der Waals surface area contributed by atoms with E-state index in [0.717, 1.165) is 32.5 Å². The lowest BCUT2D eigenvalue weighted by atomic mass is 10.00. The molecular weight excluding hydrogens is 342 g/mol. The molecule has 0 saturated carbocycles. The van der Waals surface area contributed by atoms with Crippen molar-refractivity contribution < 1.29 is 14.3 Å². The summed E-state index contributed by atoms with van der Waals surface area (Å²) in [5.41, 5.74) is 8.34. The molecule has 1 aliphatic heterocycles. The van der Waals surface area contributed by atoms with Crippen LogP contribution in [0.1, 0.15) is 27.9 Å². The van der Waals surface area contributed by atoms with Gasteiger partial charge >= 0.3 is 0 Å². The number of fused-ring (bicyclic) bond motifs is 1. The number of hydrogen-bond acceptors (Lipinski definition) is 4. The molecule has 1 heterocycles. The van der Waals surface area contributed by atoms with Crippen LogP contribution in [-0.2, 0) is 17.8 Å². The van der Waals surface area contributed by atoms with Gasteiger partial charge in [0.05, 0.1) is 5.56 Å². The van der Waals surface area contributed by atoms with Crippen LogP contribution in [0.4, 0.5) is 0 Å². The molecule has 0 atom stereocenters. The highest BCUT2D eigenvalue weighted by atomic mass is 16.5. The number of rotatable bonds is 8. The summed E-state index contributed by atoms with van der Waals surface area (Å²) in [6.45, 7) is 3.29. The van der Waals surface area contributed by atoms with E-state index in [2.05, 4.69) is 34.5 Å². The van der Waals surface area contributed by atoms with Crippen molar-refractivity contribution >= 4 is 11.8 Å². The fourth-order valence-corrected chi connectivity index (χ4v) is 3.27. The quantitative estimate of drug-likeness (QED) is 0.696. The lowest BCUT2D eigenvalue weighted by Gasteiger charge is -2.28. The van der Waals surface area contributed by atoms with Gasteiger partial charge in [-0.25, -0.2) is 0 Å². The van der Waals surface area contributed by atoms with E-state index in [1.54, 1.807) is 24.3 Å². The fourth-order valence-electron chi connectivity index (χ4n) is 3.27. The molecule has 2 amide bonds. The van der Waals surface area contributed by atoms with Crippen LogP contribution in [0.25, 0.3) is 0 Å². The number of amides is 2. The second-order valence-corrected chi connectivity index (χ2v) is 6.66. The van der Waals surface area contributed by atoms with Gasteiger partial charge in [0.25, 0.3) is 11.8 Å². The molecule has 6 heteroatoms. The zero-order valence-electron chi connectivity index (χ0n) is 15.3. The first-order chi connectivity index (χ1) is 13.1. The van der Waals surface area contributed by atoms with Crippen molar-refractivity contribution in [2.75, 3.05) is 26.2 Å². The minimum absolute atomic E-state index is 0.209. The summed E-state index contributed by atoms with van der Waals surface area (Å²) in [4.78, 5) is 25.7. The summed E-state index contributed by atoms with van der Waals surface area (Å²) in [7, 11) is 0. The molecule has 2 aromatic carbocycles. The number of nitrogens with one attached hydrogen (secondary N) is 1. The summed E-state index contributed by atoms with van der Waals surface area (Å²) in [6.07, 6.45) is 1.95. The van der Waals surface area contributed by atoms with Crippen molar-refractivity contribution in [3.63, 3.8) is 0 Å². The van der Waals surface area contributed by atoms with Gasteiger partial charge in [0, 0.05) is 26.2 Å². The van der Waals surface area contributed by atoms with Crippen molar-refractivity contribution in [1.29, 1.82) is 0 Å². The first-order valence-corrected chi connectivity index (χ1v) is 9.21. The van der Waals surface area contributed by atoms with Gasteiger partial charge in [0.2, 0.25) is 0 Å². The molecule has 0 bridgehead atoms. The van der Waals surface area contributed by atoms with Crippen molar-refractivity contribution in [2.24, 2.45) is 5.73 Å². The van der Waals surface area contributed by atoms with Crippen LogP contribution < -0.4 is 15.8 Å². The van der Waals surface area contributed by atoms with Gasteiger partial charge in [-0.15, -0.1) is 0 Å². The van der Waals surface area contributed by atoms with Gasteiger partial charge in [-0.05, 0) is 36.1 Å². The normalized spacial score (nSPS) is 13.6. The second-order valence-electron chi connectivity index (χ2n) is 6.66. The number of para-hydroxylation sites is 1. The van der Waals surface area contributed by atoms with E-state index in [1.165, 1.54) is 11.1 Å². The molecule has 2 aromatic rings. The molecule has 0 spiro atoms. The van der Waals surface area contributed by atoms with Gasteiger partial charge in [0.1, 0.15) is 5.75 Å². The van der Waals surface area contributed by atoms with Crippen LogP contribution in [0.2, 0.25) is 0 Å². The molecule has 27 heavy (non-hydrogen) atoms. The molecule has 0 saturated heterocycles. The minimum atomic E-state index is -0.576. The molecule has 0 fully saturated rings. The largest absolute Gasteiger partial charge is 0.483 e. The number of nitrogens with zero attached hydrogens (tertiary/aromatic N) is 1. The average Bonchev–Trinajstić information content (AvgIpc) is 2.69. The maximum absolute atomic E-state index is 12.4. The molecule has 3 rings (SSSR count). The Kier molecular flexibility index (Phi) is 6.44. The fraction of sp³-hybridized carbons (Fsp3) is 0.333. The number of carbonyl (C=O) groups excluding carboxylic acids is 2. The van der Waals surface area contributed by atoms with E-state index >= 15 is 0 Å². The van der Waals surface area contributed by atoms with E-state index in [9.17, 15) is 9.59 Å². The Bertz CT molecular complexity index is 807. The Morgan fingerprint density at radius 2 is 1.81 bits per heavy atom. The number of hydrogen-bond donors (Lipinski definition) is 2. The second kappa shape index (κ2) is 9.19. The van der Waals surface area contributed by atoms with Crippen molar-refractivity contribution in [3.8, 4) is 5.75 Å². The van der Waals surface area contributed by atoms with E-state index in [1.807, 2.05) is 0 Å². The molecule has 0 aromatic heterocycles. The highest BCUT2D eigenvalue weighted by Gasteiger charge is 2.16. The van der Waals surface area contributed by atoms with Crippen LogP contribution in [0, 0.1) is 0 Å². The summed E-state index contributed by atoms with van der Waals surface area (Å²) < 4.78 is 5.31. The number of nitrogens with two attached hydrogens (primary N) is 1. The van der Waals surface area contributed by atoms with Gasteiger partial charge in [-0.1, -0.05) is 36.4 Å². The molecule has 1 aliphatic rings. The molecule has 142 valence electrons. The first kappa shape index (κ1) is 18.9. The lowest BCUT2D eigenvalue weighted by Crippen LogP contribution is -2.33. The van der Waals surface area contributed by atoms with Crippen molar-refractivity contribution in [3.05, 3.63) is 65.2 Å². The molecule has 3 N–H and O–H groups in total. The minimum Gasteiger partial charge on any atom is -0.483 e. The van der Waals surface area contributed by atoms with Crippen LogP contribution in [0.15, 0.2) is 48.5 Å². The summed E-state index contributed by atoms with van der Waals surface area (Å²) in [5.74, 6) is -0.422. The SMILES string of the molecule is NC(=O)COc1ccccc1C(=O)NCCCN1CCc2ccccc2C1. The van der Waals surface area contributed by atoms with Crippen LogP contribution >= 0.6 is 0 Å². The Hall–Kier alpha value is -2.86. The zero-order valence-corrected chi connectivity index (χ0v) is 15.3. The summed E-state index contributed by atoms with van der Waals surface area (Å²) in [6, 6.07) is 15.4. The van der Waals surface area contributed by atoms with Crippen molar-refractivity contribution in [1.82, 2.24) is 10.2 Å². The number of carbonyl (C=O) groups is 2. The Balaban J connectivity index is 1.45. The van der Waals surface area contributed by atoms with Crippen LogP contribution in [-0.4, -0.2) is 43.0 Å². The highest BCUT2D eigenvalue weighted by Crippen LogP contribution is 2.19. The summed E-state index contributed by atoms with van der Waals surface area (Å²) >= 11 is 0. The highest BCUT2D eigenvalue weighted by molar-refractivity contribution is 5.97. The lowest BCUT2D eigenvalue weighted by molar-refractivity contribution is -0.119. The molecular formula is C21H25N3O3. The predicted octanol–water partition coefficient (Wildman–Crippen LogP) is 1.73. The van der Waals surface area contributed by atoms with Gasteiger partial charge in [0.15, 0.2) is 6.61 Å². The first-order valence-electron chi connectivity index (χ1n) is 9.21. The topological polar surface area (TPSA) is 84.7 Å². The molecule has 6 nitrogen and oxygen atoms in total. The molecule has 0 radical (unpaired) electrons. The van der Waals surface area contributed by atoms with Crippen molar-refractivity contribution in [2.45, 2.75) is 19.4 Å². The van der Waals surface area contributed by atoms with E-state index in [-0.39, 0.29) is 12.5 Å². The van der Waals surface area contributed by atoms with Gasteiger partial charge < -0.3 is 15.8 Å². The smallest absolute Gasteiger partial charge is 0.255 e.